The number of carbonyl (C=O) groups excluding carboxylic acids is 1. The first-order valence-corrected chi connectivity index (χ1v) is 18.3. The maximum atomic E-state index is 14.2. The van der Waals surface area contributed by atoms with Gasteiger partial charge in [-0.25, -0.2) is 9.79 Å². The summed E-state index contributed by atoms with van der Waals surface area (Å²) in [5.74, 6) is 0.175. The minimum absolute atomic E-state index is 0.173. The molecule has 1 atom stereocenters. The van der Waals surface area contributed by atoms with Gasteiger partial charge in [0.05, 0.1) is 35.6 Å². The summed E-state index contributed by atoms with van der Waals surface area (Å²) in [6.07, 6.45) is 1.84. The molecule has 1 aromatic heterocycles. The number of nitrogens with zero attached hydrogens (tertiary/aromatic N) is 2. The second-order valence-electron chi connectivity index (χ2n) is 10.3. The molecule has 1 aliphatic heterocycles. The molecular formula is C35H23Cl3I2N2O4S. The average molecular weight is 928 g/mol. The minimum Gasteiger partial charge on any atom is -0.487 e. The van der Waals surface area contributed by atoms with Crippen LogP contribution < -0.4 is 19.6 Å². The van der Waals surface area contributed by atoms with Crippen molar-refractivity contribution in [3.63, 3.8) is 0 Å². The number of aromatic nitrogens is 1. The van der Waals surface area contributed by atoms with Gasteiger partial charge in [0.1, 0.15) is 12.4 Å². The lowest BCUT2D eigenvalue weighted by Gasteiger charge is -2.25. The SMILES string of the molecule is CCOC(=O)C1=C(c2ccccc2)N=c2s/c(=C\c3cc(I)c(OCc4ccc(Cl)cc4Cl)c(I)c3)c(=O)n2[C@H]1c1ccc(Cl)cc1. The highest BCUT2D eigenvalue weighted by atomic mass is 127. The van der Waals surface area contributed by atoms with E-state index in [1.54, 1.807) is 35.8 Å². The van der Waals surface area contributed by atoms with E-state index in [0.29, 0.717) is 41.4 Å². The maximum absolute atomic E-state index is 14.2. The second-order valence-corrected chi connectivity index (χ2v) is 14.9. The van der Waals surface area contributed by atoms with Crippen LogP contribution in [0.3, 0.4) is 0 Å². The van der Waals surface area contributed by atoms with Gasteiger partial charge in [-0.2, -0.15) is 0 Å². The predicted octanol–water partition coefficient (Wildman–Crippen LogP) is 8.68. The lowest BCUT2D eigenvalue weighted by Crippen LogP contribution is -2.40. The number of hydrogen-bond donors (Lipinski definition) is 0. The molecule has 6 nitrogen and oxygen atoms in total. The molecule has 5 aromatic rings. The molecule has 4 aromatic carbocycles. The van der Waals surface area contributed by atoms with Crippen LogP contribution in [0.4, 0.5) is 0 Å². The summed E-state index contributed by atoms with van der Waals surface area (Å²) in [6, 6.07) is 25.0. The average Bonchev–Trinajstić information content (AvgIpc) is 3.35. The van der Waals surface area contributed by atoms with Crippen LogP contribution in [0.25, 0.3) is 11.8 Å². The van der Waals surface area contributed by atoms with Crippen LogP contribution in [0.1, 0.15) is 35.2 Å². The highest BCUT2D eigenvalue weighted by Gasteiger charge is 2.35. The van der Waals surface area contributed by atoms with Crippen molar-refractivity contribution in [3.8, 4) is 5.75 Å². The highest BCUT2D eigenvalue weighted by molar-refractivity contribution is 14.1. The molecule has 0 unspecified atom stereocenters. The van der Waals surface area contributed by atoms with E-state index in [0.717, 1.165) is 23.8 Å². The molecule has 6 rings (SSSR count). The number of fused-ring (bicyclic) bond motifs is 1. The van der Waals surface area contributed by atoms with Crippen LogP contribution in [0.15, 0.2) is 100 Å². The van der Waals surface area contributed by atoms with Gasteiger partial charge in [0.25, 0.3) is 5.56 Å². The van der Waals surface area contributed by atoms with Gasteiger partial charge < -0.3 is 9.47 Å². The van der Waals surface area contributed by atoms with Crippen molar-refractivity contribution < 1.29 is 14.3 Å². The normalized spacial score (nSPS) is 14.5. The van der Waals surface area contributed by atoms with Gasteiger partial charge >= 0.3 is 5.97 Å². The van der Waals surface area contributed by atoms with Crippen molar-refractivity contribution in [2.45, 2.75) is 19.6 Å². The van der Waals surface area contributed by atoms with Crippen LogP contribution >= 0.6 is 91.3 Å². The Hall–Kier alpha value is -2.68. The molecule has 2 heterocycles. The van der Waals surface area contributed by atoms with Gasteiger partial charge in [0.15, 0.2) is 4.80 Å². The van der Waals surface area contributed by atoms with Crippen molar-refractivity contribution in [1.29, 1.82) is 0 Å². The number of rotatable bonds is 8. The van der Waals surface area contributed by atoms with E-state index in [1.165, 1.54) is 11.3 Å². The topological polar surface area (TPSA) is 69.9 Å². The molecule has 0 fully saturated rings. The highest BCUT2D eigenvalue weighted by Crippen LogP contribution is 2.36. The zero-order valence-corrected chi connectivity index (χ0v) is 31.9. The minimum atomic E-state index is -0.782. The molecular weight excluding hydrogens is 905 g/mol. The Kier molecular flexibility index (Phi) is 10.8. The van der Waals surface area contributed by atoms with E-state index in [4.69, 9.17) is 49.3 Å². The van der Waals surface area contributed by atoms with E-state index in [1.807, 2.05) is 66.7 Å². The van der Waals surface area contributed by atoms with E-state index in [-0.39, 0.29) is 24.3 Å². The quantitative estimate of drug-likeness (QED) is 0.116. The summed E-state index contributed by atoms with van der Waals surface area (Å²) in [4.78, 5) is 33.2. The van der Waals surface area contributed by atoms with Crippen molar-refractivity contribution in [2.75, 3.05) is 6.61 Å². The standard InChI is InChI=1S/C35H23Cl3I2N2O4S/c1-2-45-34(44)29-30(20-6-4-3-5-7-20)41-35-42(31(29)21-8-11-23(36)12-9-21)33(43)28(47-35)16-19-14-26(39)32(27(40)15-19)46-18-22-10-13-24(37)17-25(22)38/h3-17,31H,2,18H2,1H3/b28-16-/t31-/m0/s1. The number of esters is 1. The monoisotopic (exact) mass is 926 g/mol. The fourth-order valence-corrected chi connectivity index (χ4v) is 8.86. The third-order valence-electron chi connectivity index (χ3n) is 7.26. The zero-order chi connectivity index (χ0) is 33.2. The van der Waals surface area contributed by atoms with Crippen molar-refractivity contribution in [1.82, 2.24) is 4.57 Å². The Balaban J connectivity index is 1.46. The Morgan fingerprint density at radius 2 is 1.64 bits per heavy atom. The molecule has 0 saturated carbocycles. The second kappa shape index (κ2) is 14.8. The Bertz CT molecular complexity index is 2200. The summed E-state index contributed by atoms with van der Waals surface area (Å²) < 4.78 is 15.5. The summed E-state index contributed by atoms with van der Waals surface area (Å²) >= 11 is 24.3. The van der Waals surface area contributed by atoms with Crippen LogP contribution in [0, 0.1) is 7.14 Å². The van der Waals surface area contributed by atoms with Crippen molar-refractivity contribution in [3.05, 3.63) is 155 Å². The molecule has 1 aliphatic rings. The molecule has 0 spiro atoms. The number of thiazole rings is 1. The number of hydrogen-bond acceptors (Lipinski definition) is 6. The first-order valence-electron chi connectivity index (χ1n) is 14.2. The van der Waals surface area contributed by atoms with Crippen LogP contribution in [-0.4, -0.2) is 17.1 Å². The van der Waals surface area contributed by atoms with Gasteiger partial charge in [0.2, 0.25) is 0 Å². The Morgan fingerprint density at radius 3 is 2.30 bits per heavy atom. The van der Waals surface area contributed by atoms with E-state index < -0.39 is 12.0 Å². The number of benzene rings is 4. The smallest absolute Gasteiger partial charge is 0.338 e. The summed E-state index contributed by atoms with van der Waals surface area (Å²) in [6.45, 7) is 2.20. The molecule has 0 radical (unpaired) electrons. The Labute approximate surface area is 316 Å². The fraction of sp³-hybridized carbons (Fsp3) is 0.114. The molecule has 0 saturated heterocycles. The van der Waals surface area contributed by atoms with E-state index >= 15 is 0 Å². The third kappa shape index (κ3) is 7.35. The molecule has 12 heteroatoms. The molecule has 0 amide bonds. The predicted molar refractivity (Wildman–Crippen MR) is 205 cm³/mol. The fourth-order valence-electron chi connectivity index (χ4n) is 5.14. The number of ether oxygens (including phenoxy) is 2. The molecule has 0 aliphatic carbocycles. The lowest BCUT2D eigenvalue weighted by molar-refractivity contribution is -0.138. The van der Waals surface area contributed by atoms with Crippen LogP contribution in [0.2, 0.25) is 15.1 Å². The zero-order valence-electron chi connectivity index (χ0n) is 24.5. The van der Waals surface area contributed by atoms with Gasteiger partial charge in [-0.3, -0.25) is 9.36 Å². The summed E-state index contributed by atoms with van der Waals surface area (Å²) in [5, 5.41) is 1.64. The summed E-state index contributed by atoms with van der Waals surface area (Å²) in [5.41, 5.74) is 3.56. The molecule has 47 heavy (non-hydrogen) atoms. The first-order chi connectivity index (χ1) is 22.6. The largest absolute Gasteiger partial charge is 0.487 e. The Morgan fingerprint density at radius 1 is 0.957 bits per heavy atom. The number of carbonyl (C=O) groups is 1. The molecule has 238 valence electrons. The van der Waals surface area contributed by atoms with Gasteiger partial charge in [-0.1, -0.05) is 94.7 Å². The van der Waals surface area contributed by atoms with E-state index in [9.17, 15) is 9.59 Å². The van der Waals surface area contributed by atoms with Crippen LogP contribution in [0.5, 0.6) is 5.75 Å². The molecule has 0 N–H and O–H groups in total. The van der Waals surface area contributed by atoms with E-state index in [2.05, 4.69) is 45.2 Å². The van der Waals surface area contributed by atoms with Crippen molar-refractivity contribution in [2.24, 2.45) is 4.99 Å². The lowest BCUT2D eigenvalue weighted by atomic mass is 9.93. The molecule has 0 bridgehead atoms. The van der Waals surface area contributed by atoms with Crippen LogP contribution in [-0.2, 0) is 16.1 Å². The van der Waals surface area contributed by atoms with Gasteiger partial charge in [-0.05, 0) is 106 Å². The third-order valence-corrected chi connectivity index (χ3v) is 10.7. The van der Waals surface area contributed by atoms with Crippen molar-refractivity contribution >= 4 is 109 Å². The number of halogens is 5. The van der Waals surface area contributed by atoms with Gasteiger partial charge in [-0.15, -0.1) is 0 Å². The maximum Gasteiger partial charge on any atom is 0.338 e. The summed E-state index contributed by atoms with van der Waals surface area (Å²) in [7, 11) is 0. The van der Waals surface area contributed by atoms with Gasteiger partial charge in [0, 0.05) is 26.2 Å². The first kappa shape index (κ1) is 34.2.